The van der Waals surface area contributed by atoms with Crippen molar-refractivity contribution in [2.24, 2.45) is 0 Å². The van der Waals surface area contributed by atoms with Gasteiger partial charge in [0.1, 0.15) is 11.9 Å². The first-order valence-corrected chi connectivity index (χ1v) is 8.52. The molecule has 2 amide bonds. The zero-order chi connectivity index (χ0) is 17.8. The van der Waals surface area contributed by atoms with E-state index in [2.05, 4.69) is 15.2 Å². The fraction of sp³-hybridized carbons (Fsp3) is 0.588. The maximum atomic E-state index is 12.6. The fourth-order valence-corrected chi connectivity index (χ4v) is 3.06. The van der Waals surface area contributed by atoms with Crippen LogP contribution >= 0.6 is 0 Å². The summed E-state index contributed by atoms with van der Waals surface area (Å²) < 4.78 is 10.7. The molecule has 2 fully saturated rings. The lowest BCUT2D eigenvalue weighted by Crippen LogP contribution is -2.53. The van der Waals surface area contributed by atoms with Crippen LogP contribution in [0.25, 0.3) is 0 Å². The largest absolute Gasteiger partial charge is 0.378 e. The highest BCUT2D eigenvalue weighted by molar-refractivity contribution is 5.97. The van der Waals surface area contributed by atoms with Crippen LogP contribution in [0.2, 0.25) is 0 Å². The Morgan fingerprint density at radius 1 is 1.16 bits per heavy atom. The minimum absolute atomic E-state index is 0.124. The van der Waals surface area contributed by atoms with Crippen LogP contribution in [0.5, 0.6) is 0 Å². The molecule has 1 aromatic heterocycles. The molecule has 0 bridgehead atoms. The molecule has 1 aromatic rings. The van der Waals surface area contributed by atoms with Gasteiger partial charge in [0.05, 0.1) is 37.8 Å². The van der Waals surface area contributed by atoms with E-state index < -0.39 is 6.04 Å². The van der Waals surface area contributed by atoms with Crippen LogP contribution in [0.1, 0.15) is 12.6 Å². The van der Waals surface area contributed by atoms with Crippen molar-refractivity contribution in [1.82, 2.24) is 9.88 Å². The number of nitrogens with zero attached hydrogens (tertiary/aromatic N) is 3. The second-order valence-corrected chi connectivity index (χ2v) is 6.19. The third-order valence-electron chi connectivity index (χ3n) is 4.50. The predicted molar refractivity (Wildman–Crippen MR) is 92.6 cm³/mol. The Morgan fingerprint density at radius 3 is 2.56 bits per heavy atom. The van der Waals surface area contributed by atoms with Crippen LogP contribution < -0.4 is 10.2 Å². The number of amides is 2. The summed E-state index contributed by atoms with van der Waals surface area (Å²) >= 11 is 0. The molecule has 0 spiro atoms. The van der Waals surface area contributed by atoms with E-state index in [9.17, 15) is 9.59 Å². The SMILES string of the molecule is CC(=O)N1CCOCC1C(=O)Nc1ccc(N2CCOCC2)nc1C. The van der Waals surface area contributed by atoms with Gasteiger partial charge in [0.25, 0.3) is 0 Å². The second-order valence-electron chi connectivity index (χ2n) is 6.19. The molecule has 8 nitrogen and oxygen atoms in total. The highest BCUT2D eigenvalue weighted by Gasteiger charge is 2.31. The van der Waals surface area contributed by atoms with E-state index in [0.717, 1.165) is 24.6 Å². The van der Waals surface area contributed by atoms with Gasteiger partial charge in [0.2, 0.25) is 11.8 Å². The molecule has 0 aromatic carbocycles. The summed E-state index contributed by atoms with van der Waals surface area (Å²) in [6, 6.07) is 3.14. The molecule has 1 N–H and O–H groups in total. The molecule has 25 heavy (non-hydrogen) atoms. The number of aromatic nitrogens is 1. The second kappa shape index (κ2) is 7.79. The molecule has 1 atom stereocenters. The van der Waals surface area contributed by atoms with E-state index in [1.807, 2.05) is 19.1 Å². The molecule has 0 saturated carbocycles. The minimum atomic E-state index is -0.607. The number of hydrogen-bond donors (Lipinski definition) is 1. The number of morpholine rings is 2. The molecule has 2 saturated heterocycles. The molecule has 0 radical (unpaired) electrons. The average molecular weight is 348 g/mol. The number of carbonyl (C=O) groups excluding carboxylic acids is 2. The molecule has 2 aliphatic rings. The third kappa shape index (κ3) is 4.08. The van der Waals surface area contributed by atoms with Gasteiger partial charge in [-0.2, -0.15) is 0 Å². The van der Waals surface area contributed by atoms with Crippen molar-refractivity contribution in [3.8, 4) is 0 Å². The van der Waals surface area contributed by atoms with Crippen LogP contribution in [-0.4, -0.2) is 73.8 Å². The number of carbonyl (C=O) groups is 2. The highest BCUT2D eigenvalue weighted by atomic mass is 16.5. The topological polar surface area (TPSA) is 84.0 Å². The Morgan fingerprint density at radius 2 is 1.88 bits per heavy atom. The minimum Gasteiger partial charge on any atom is -0.378 e. The number of anilines is 2. The molecular formula is C17H24N4O4. The van der Waals surface area contributed by atoms with Gasteiger partial charge in [-0.3, -0.25) is 9.59 Å². The molecule has 8 heteroatoms. The summed E-state index contributed by atoms with van der Waals surface area (Å²) in [5.41, 5.74) is 1.39. The molecule has 1 unspecified atom stereocenters. The molecule has 2 aliphatic heterocycles. The fourth-order valence-electron chi connectivity index (χ4n) is 3.06. The van der Waals surface area contributed by atoms with Crippen LogP contribution in [0.15, 0.2) is 12.1 Å². The molecular weight excluding hydrogens is 324 g/mol. The van der Waals surface area contributed by atoms with Gasteiger partial charge in [-0.15, -0.1) is 0 Å². The van der Waals surface area contributed by atoms with Gasteiger partial charge in [-0.05, 0) is 19.1 Å². The van der Waals surface area contributed by atoms with Crippen molar-refractivity contribution in [3.63, 3.8) is 0 Å². The Kier molecular flexibility index (Phi) is 5.50. The van der Waals surface area contributed by atoms with E-state index in [1.165, 1.54) is 6.92 Å². The van der Waals surface area contributed by atoms with Crippen molar-refractivity contribution in [2.75, 3.05) is 56.3 Å². The number of ether oxygens (including phenoxy) is 2. The molecule has 3 heterocycles. The smallest absolute Gasteiger partial charge is 0.249 e. The van der Waals surface area contributed by atoms with Crippen LogP contribution in [0.3, 0.4) is 0 Å². The van der Waals surface area contributed by atoms with Crippen molar-refractivity contribution in [2.45, 2.75) is 19.9 Å². The molecule has 3 rings (SSSR count). The lowest BCUT2D eigenvalue weighted by molar-refractivity contribution is -0.144. The summed E-state index contributed by atoms with van der Waals surface area (Å²) in [6.45, 7) is 7.44. The summed E-state index contributed by atoms with van der Waals surface area (Å²) in [4.78, 5) is 32.6. The summed E-state index contributed by atoms with van der Waals surface area (Å²) in [5.74, 6) is 0.505. The van der Waals surface area contributed by atoms with E-state index in [1.54, 1.807) is 4.90 Å². The van der Waals surface area contributed by atoms with E-state index in [-0.39, 0.29) is 18.4 Å². The van der Waals surface area contributed by atoms with Gasteiger partial charge < -0.3 is 24.6 Å². The molecule has 136 valence electrons. The number of aryl methyl sites for hydroxylation is 1. The monoisotopic (exact) mass is 348 g/mol. The van der Waals surface area contributed by atoms with Crippen molar-refractivity contribution in [3.05, 3.63) is 17.8 Å². The van der Waals surface area contributed by atoms with Crippen LogP contribution in [-0.2, 0) is 19.1 Å². The molecule has 0 aliphatic carbocycles. The van der Waals surface area contributed by atoms with Gasteiger partial charge in [0.15, 0.2) is 0 Å². The lowest BCUT2D eigenvalue weighted by Gasteiger charge is -2.34. The zero-order valence-corrected chi connectivity index (χ0v) is 14.7. The third-order valence-corrected chi connectivity index (χ3v) is 4.50. The Hall–Kier alpha value is -2.19. The Labute approximate surface area is 147 Å². The normalized spacial score (nSPS) is 21.1. The number of pyridine rings is 1. The van der Waals surface area contributed by atoms with Gasteiger partial charge in [-0.25, -0.2) is 4.98 Å². The number of rotatable bonds is 3. The lowest BCUT2D eigenvalue weighted by atomic mass is 10.2. The number of hydrogen-bond acceptors (Lipinski definition) is 6. The summed E-state index contributed by atoms with van der Waals surface area (Å²) in [6.07, 6.45) is 0. The van der Waals surface area contributed by atoms with Crippen molar-refractivity contribution >= 4 is 23.3 Å². The average Bonchev–Trinajstić information content (AvgIpc) is 2.64. The quantitative estimate of drug-likeness (QED) is 0.852. The van der Waals surface area contributed by atoms with E-state index in [4.69, 9.17) is 9.47 Å². The zero-order valence-electron chi connectivity index (χ0n) is 14.7. The van der Waals surface area contributed by atoms with Gasteiger partial charge in [-0.1, -0.05) is 0 Å². The number of nitrogens with one attached hydrogen (secondary N) is 1. The summed E-state index contributed by atoms with van der Waals surface area (Å²) in [5, 5.41) is 2.88. The van der Waals surface area contributed by atoms with Crippen molar-refractivity contribution < 1.29 is 19.1 Å². The van der Waals surface area contributed by atoms with Crippen molar-refractivity contribution in [1.29, 1.82) is 0 Å². The van der Waals surface area contributed by atoms with Gasteiger partial charge >= 0.3 is 0 Å². The Balaban J connectivity index is 1.69. The Bertz CT molecular complexity index is 646. The predicted octanol–water partition coefficient (Wildman–Crippen LogP) is 0.412. The van der Waals surface area contributed by atoms with Crippen LogP contribution in [0, 0.1) is 6.92 Å². The first kappa shape index (κ1) is 17.6. The van der Waals surface area contributed by atoms with E-state index >= 15 is 0 Å². The highest BCUT2D eigenvalue weighted by Crippen LogP contribution is 2.20. The first-order valence-electron chi connectivity index (χ1n) is 8.52. The van der Waals surface area contributed by atoms with E-state index in [0.29, 0.717) is 32.1 Å². The van der Waals surface area contributed by atoms with Gasteiger partial charge in [0, 0.05) is 26.6 Å². The standard InChI is InChI=1S/C17H24N4O4/c1-12-14(3-4-16(18-12)20-5-8-24-9-6-20)19-17(23)15-11-25-10-7-21(15)13(2)22/h3-4,15H,5-11H2,1-2H3,(H,19,23). The van der Waals surface area contributed by atoms with Crippen LogP contribution in [0.4, 0.5) is 11.5 Å². The maximum Gasteiger partial charge on any atom is 0.249 e. The summed E-state index contributed by atoms with van der Waals surface area (Å²) in [7, 11) is 0. The first-order chi connectivity index (χ1) is 12.1. The maximum absolute atomic E-state index is 12.6.